The largest absolute Gasteiger partial charge is 0.346 e. The molecule has 0 spiro atoms. The summed E-state index contributed by atoms with van der Waals surface area (Å²) in [5, 5.41) is 12.0. The van der Waals surface area contributed by atoms with E-state index in [-0.39, 0.29) is 5.91 Å². The minimum Gasteiger partial charge on any atom is -0.346 e. The van der Waals surface area contributed by atoms with Crippen molar-refractivity contribution in [2.45, 2.75) is 38.5 Å². The van der Waals surface area contributed by atoms with Crippen LogP contribution >= 0.6 is 12.2 Å². The van der Waals surface area contributed by atoms with E-state index in [9.17, 15) is 4.79 Å². The van der Waals surface area contributed by atoms with Crippen LogP contribution in [0.15, 0.2) is 0 Å². The molecule has 2 rings (SSSR count). The summed E-state index contributed by atoms with van der Waals surface area (Å²) in [6, 6.07) is 2.17. The van der Waals surface area contributed by atoms with E-state index in [4.69, 9.17) is 17.5 Å². The van der Waals surface area contributed by atoms with Gasteiger partial charge in [-0.2, -0.15) is 5.26 Å². The maximum atomic E-state index is 12.0. The zero-order chi connectivity index (χ0) is 15.1. The molecule has 1 amide bonds. The van der Waals surface area contributed by atoms with E-state index in [1.807, 2.05) is 0 Å². The topological polar surface area (TPSA) is 59.4 Å². The van der Waals surface area contributed by atoms with Crippen molar-refractivity contribution in [2.24, 2.45) is 5.92 Å². The quantitative estimate of drug-likeness (QED) is 0.798. The summed E-state index contributed by atoms with van der Waals surface area (Å²) in [7, 11) is 0. The fraction of sp³-hybridized carbons (Fsp3) is 0.800. The Morgan fingerprint density at radius 1 is 1.24 bits per heavy atom. The Kier molecular flexibility index (Phi) is 6.40. The summed E-state index contributed by atoms with van der Waals surface area (Å²) in [5.74, 6) is 0.620. The molecule has 1 N–H and O–H groups in total. The van der Waals surface area contributed by atoms with Gasteiger partial charge in [0.25, 0.3) is 0 Å². The van der Waals surface area contributed by atoms with E-state index in [2.05, 4.69) is 21.2 Å². The van der Waals surface area contributed by atoms with Crippen LogP contribution in [0.4, 0.5) is 0 Å². The summed E-state index contributed by atoms with van der Waals surface area (Å²) < 4.78 is 0. The summed E-state index contributed by atoms with van der Waals surface area (Å²) in [4.78, 5) is 16.3. The first-order valence-electron chi connectivity index (χ1n) is 7.87. The molecule has 0 aromatic heterocycles. The lowest BCUT2D eigenvalue weighted by Gasteiger charge is -2.35. The fourth-order valence-corrected chi connectivity index (χ4v) is 3.41. The van der Waals surface area contributed by atoms with Crippen molar-refractivity contribution in [1.29, 1.82) is 5.26 Å². The third kappa shape index (κ3) is 5.25. The third-order valence-corrected chi connectivity index (χ3v) is 4.75. The molecule has 1 aliphatic carbocycles. The van der Waals surface area contributed by atoms with E-state index in [1.54, 1.807) is 0 Å². The van der Waals surface area contributed by atoms with Gasteiger partial charge in [0.1, 0.15) is 0 Å². The molecule has 21 heavy (non-hydrogen) atoms. The number of rotatable bonds is 4. The molecule has 0 radical (unpaired) electrons. The second-order valence-electron chi connectivity index (χ2n) is 5.94. The smallest absolute Gasteiger partial charge is 0.226 e. The minimum absolute atomic E-state index is 0.0683. The van der Waals surface area contributed by atoms with E-state index in [1.165, 1.54) is 25.7 Å². The van der Waals surface area contributed by atoms with Gasteiger partial charge in [-0.15, -0.1) is 0 Å². The highest BCUT2D eigenvalue weighted by Gasteiger charge is 2.22. The molecule has 1 heterocycles. The zero-order valence-corrected chi connectivity index (χ0v) is 13.3. The van der Waals surface area contributed by atoms with Gasteiger partial charge >= 0.3 is 0 Å². The highest BCUT2D eigenvalue weighted by atomic mass is 32.1. The van der Waals surface area contributed by atoms with E-state index in [0.717, 1.165) is 32.7 Å². The predicted octanol–water partition coefficient (Wildman–Crippen LogP) is 1.50. The van der Waals surface area contributed by atoms with E-state index in [0.29, 0.717) is 23.9 Å². The SMILES string of the molecule is N#CCCN1CCN(C(=S)NC(=O)CC2CCCC2)CC1. The van der Waals surface area contributed by atoms with Crippen LogP contribution in [0.1, 0.15) is 38.5 Å². The molecule has 0 atom stereocenters. The van der Waals surface area contributed by atoms with Gasteiger partial charge in [-0.25, -0.2) is 0 Å². The molecule has 1 aliphatic heterocycles. The van der Waals surface area contributed by atoms with Gasteiger partial charge in [-0.3, -0.25) is 9.69 Å². The van der Waals surface area contributed by atoms with Crippen molar-refractivity contribution in [3.63, 3.8) is 0 Å². The van der Waals surface area contributed by atoms with Gasteiger partial charge < -0.3 is 10.2 Å². The average molecular weight is 308 g/mol. The van der Waals surface area contributed by atoms with Crippen LogP contribution in [-0.4, -0.2) is 53.5 Å². The van der Waals surface area contributed by atoms with Gasteiger partial charge in [-0.05, 0) is 31.0 Å². The summed E-state index contributed by atoms with van der Waals surface area (Å²) in [5.41, 5.74) is 0. The highest BCUT2D eigenvalue weighted by Crippen LogP contribution is 2.27. The maximum absolute atomic E-state index is 12.0. The summed E-state index contributed by atoms with van der Waals surface area (Å²) in [6.07, 6.45) is 6.06. The van der Waals surface area contributed by atoms with Crippen LogP contribution < -0.4 is 5.32 Å². The number of hydrogen-bond donors (Lipinski definition) is 1. The lowest BCUT2D eigenvalue weighted by Crippen LogP contribution is -2.52. The Morgan fingerprint density at radius 3 is 2.52 bits per heavy atom. The van der Waals surface area contributed by atoms with Gasteiger partial charge in [0.05, 0.1) is 6.07 Å². The lowest BCUT2D eigenvalue weighted by molar-refractivity contribution is -0.120. The third-order valence-electron chi connectivity index (χ3n) is 4.39. The Bertz CT molecular complexity index is 406. The normalized spacial score (nSPS) is 20.2. The van der Waals surface area contributed by atoms with Crippen LogP contribution in [0.3, 0.4) is 0 Å². The first kappa shape index (κ1) is 16.2. The Labute approximate surface area is 132 Å². The van der Waals surface area contributed by atoms with Crippen LogP contribution in [-0.2, 0) is 4.79 Å². The van der Waals surface area contributed by atoms with Crippen LogP contribution in [0.25, 0.3) is 0 Å². The van der Waals surface area contributed by atoms with Gasteiger partial charge in [0, 0.05) is 45.6 Å². The molecule has 2 aliphatic rings. The maximum Gasteiger partial charge on any atom is 0.226 e. The number of thiocarbonyl (C=S) groups is 1. The molecule has 0 aromatic carbocycles. The highest BCUT2D eigenvalue weighted by molar-refractivity contribution is 7.80. The number of nitrogens with zero attached hydrogens (tertiary/aromatic N) is 3. The second-order valence-corrected chi connectivity index (χ2v) is 6.33. The fourth-order valence-electron chi connectivity index (χ4n) is 3.11. The molecule has 6 heteroatoms. The van der Waals surface area contributed by atoms with Crippen LogP contribution in [0.2, 0.25) is 0 Å². The Hall–Kier alpha value is -1.19. The van der Waals surface area contributed by atoms with Gasteiger partial charge in [-0.1, -0.05) is 12.8 Å². The Balaban J connectivity index is 1.67. The lowest BCUT2D eigenvalue weighted by atomic mass is 10.0. The number of nitriles is 1. The number of nitrogens with one attached hydrogen (secondary N) is 1. The van der Waals surface area contributed by atoms with Crippen LogP contribution in [0, 0.1) is 17.2 Å². The Morgan fingerprint density at radius 2 is 1.90 bits per heavy atom. The molecule has 1 saturated carbocycles. The van der Waals surface area contributed by atoms with Crippen molar-refractivity contribution in [3.8, 4) is 6.07 Å². The summed E-state index contributed by atoms with van der Waals surface area (Å²) >= 11 is 5.34. The molecular weight excluding hydrogens is 284 g/mol. The number of carbonyl (C=O) groups excluding carboxylic acids is 1. The van der Waals surface area contributed by atoms with Crippen molar-refractivity contribution in [3.05, 3.63) is 0 Å². The standard InChI is InChI=1S/C15H24N4OS/c16-6-3-7-18-8-10-19(11-9-18)15(21)17-14(20)12-13-4-1-2-5-13/h13H,1-5,7-12H2,(H,17,20,21). The number of hydrogen-bond acceptors (Lipinski definition) is 4. The van der Waals surface area contributed by atoms with Crippen LogP contribution in [0.5, 0.6) is 0 Å². The zero-order valence-electron chi connectivity index (χ0n) is 12.5. The van der Waals surface area contributed by atoms with E-state index >= 15 is 0 Å². The molecule has 5 nitrogen and oxygen atoms in total. The minimum atomic E-state index is 0.0683. The first-order valence-corrected chi connectivity index (χ1v) is 8.28. The second kappa shape index (κ2) is 8.30. The van der Waals surface area contributed by atoms with Crippen molar-refractivity contribution in [2.75, 3.05) is 32.7 Å². The molecule has 1 saturated heterocycles. The van der Waals surface area contributed by atoms with Crippen molar-refractivity contribution >= 4 is 23.2 Å². The number of amides is 1. The van der Waals surface area contributed by atoms with Gasteiger partial charge in [0.15, 0.2) is 5.11 Å². The molecular formula is C15H24N4OS. The van der Waals surface area contributed by atoms with Crippen molar-refractivity contribution < 1.29 is 4.79 Å². The number of piperazine rings is 1. The molecule has 0 bridgehead atoms. The van der Waals surface area contributed by atoms with Crippen molar-refractivity contribution in [1.82, 2.24) is 15.1 Å². The number of carbonyl (C=O) groups is 1. The monoisotopic (exact) mass is 308 g/mol. The van der Waals surface area contributed by atoms with E-state index < -0.39 is 0 Å². The molecule has 2 fully saturated rings. The molecule has 116 valence electrons. The van der Waals surface area contributed by atoms with Gasteiger partial charge in [0.2, 0.25) is 5.91 Å². The average Bonchev–Trinajstić information content (AvgIpc) is 2.98. The first-order chi connectivity index (χ1) is 10.2. The molecule has 0 aromatic rings. The predicted molar refractivity (Wildman–Crippen MR) is 85.6 cm³/mol. The summed E-state index contributed by atoms with van der Waals surface area (Å²) in [6.45, 7) is 4.29. The molecule has 0 unspecified atom stereocenters.